The van der Waals surface area contributed by atoms with Crippen LogP contribution in [0.25, 0.3) is 43.6 Å². The molecule has 170 valence electrons. The van der Waals surface area contributed by atoms with Crippen molar-refractivity contribution in [1.29, 1.82) is 0 Å². The van der Waals surface area contributed by atoms with Crippen molar-refractivity contribution in [3.05, 3.63) is 128 Å². The number of rotatable bonds is 4. The first kappa shape index (κ1) is 21.0. The van der Waals surface area contributed by atoms with E-state index in [2.05, 4.69) is 59.6 Å². The molecule has 0 N–H and O–H groups in total. The van der Waals surface area contributed by atoms with Crippen LogP contribution in [-0.2, 0) is 4.57 Å². The zero-order valence-electron chi connectivity index (χ0n) is 19.4. The van der Waals surface area contributed by atoms with Gasteiger partial charge in [-0.3, -0.25) is 0 Å². The maximum atomic E-state index is 14.8. The number of aromatic nitrogens is 2. The van der Waals surface area contributed by atoms with Crippen LogP contribution in [0.15, 0.2) is 128 Å². The van der Waals surface area contributed by atoms with Gasteiger partial charge in [-0.25, -0.2) is 9.97 Å². The Hall–Kier alpha value is -4.33. The molecule has 36 heavy (non-hydrogen) atoms. The third-order valence-corrected chi connectivity index (χ3v) is 9.80. The smallest absolute Gasteiger partial charge is 0.206 e. The second kappa shape index (κ2) is 8.12. The Morgan fingerprint density at radius 1 is 0.528 bits per heavy atom. The van der Waals surface area contributed by atoms with E-state index in [-0.39, 0.29) is 0 Å². The molecule has 4 heteroatoms. The van der Waals surface area contributed by atoms with Crippen molar-refractivity contribution in [2.24, 2.45) is 0 Å². The average Bonchev–Trinajstić information content (AvgIpc) is 2.96. The van der Waals surface area contributed by atoms with Crippen LogP contribution in [0.4, 0.5) is 0 Å². The summed E-state index contributed by atoms with van der Waals surface area (Å²) in [6.45, 7) is 0. The largest absolute Gasteiger partial charge is 0.305 e. The summed E-state index contributed by atoms with van der Waals surface area (Å²) in [4.78, 5) is 9.55. The van der Waals surface area contributed by atoms with Crippen molar-refractivity contribution in [1.82, 2.24) is 9.97 Å². The van der Waals surface area contributed by atoms with Gasteiger partial charge in [-0.1, -0.05) is 115 Å². The van der Waals surface area contributed by atoms with Crippen LogP contribution < -0.4 is 16.2 Å². The third kappa shape index (κ3) is 3.10. The second-order valence-electron chi connectivity index (χ2n) is 8.99. The first-order valence-electron chi connectivity index (χ1n) is 12.0. The van der Waals surface area contributed by atoms with E-state index in [1.807, 2.05) is 66.7 Å². The maximum Gasteiger partial charge on any atom is 0.206 e. The van der Waals surface area contributed by atoms with Crippen LogP contribution in [0.2, 0.25) is 0 Å². The standard InChI is InChI=1S/C32H21N2OP/c35-36(25-10-3-1-4-11-25,26-12-5-2-6-13-26)32-33-21-20-29(34-32)27-18-16-24-15-14-22-8-7-9-23-17-19-28(27)31(24)30(22)23/h1-21H. The van der Waals surface area contributed by atoms with Gasteiger partial charge >= 0.3 is 0 Å². The van der Waals surface area contributed by atoms with E-state index in [0.29, 0.717) is 5.57 Å². The summed E-state index contributed by atoms with van der Waals surface area (Å²) in [5.41, 5.74) is 2.13. The number of nitrogens with zero attached hydrogens (tertiary/aromatic N) is 2. The SMILES string of the molecule is O=P(c1ccccc1)(c1ccccc1)c1nccc(-c2ccc3ccc4cccc5ccc2c3c45)n1. The van der Waals surface area contributed by atoms with Gasteiger partial charge in [-0.15, -0.1) is 0 Å². The molecule has 7 aromatic rings. The highest BCUT2D eigenvalue weighted by molar-refractivity contribution is 7.84. The molecule has 3 nitrogen and oxygen atoms in total. The topological polar surface area (TPSA) is 42.9 Å². The second-order valence-corrected chi connectivity index (χ2v) is 11.6. The fourth-order valence-corrected chi connectivity index (χ4v) is 7.69. The molecule has 0 aliphatic heterocycles. The predicted octanol–water partition coefficient (Wildman–Crippen LogP) is 6.68. The molecule has 0 aliphatic carbocycles. The highest BCUT2D eigenvalue weighted by Gasteiger charge is 2.33. The van der Waals surface area contributed by atoms with Crippen molar-refractivity contribution in [2.75, 3.05) is 0 Å². The fraction of sp³-hybridized carbons (Fsp3) is 0. The van der Waals surface area contributed by atoms with Gasteiger partial charge in [0.2, 0.25) is 7.14 Å². The summed E-state index contributed by atoms with van der Waals surface area (Å²) in [6, 6.07) is 40.4. The maximum absolute atomic E-state index is 14.8. The Kier molecular flexibility index (Phi) is 4.73. The molecule has 0 bridgehead atoms. The minimum atomic E-state index is -3.26. The number of hydrogen-bond donors (Lipinski definition) is 0. The van der Waals surface area contributed by atoms with E-state index in [0.717, 1.165) is 27.3 Å². The van der Waals surface area contributed by atoms with Crippen LogP contribution >= 0.6 is 7.14 Å². The Balaban J connectivity index is 1.49. The molecule has 0 spiro atoms. The van der Waals surface area contributed by atoms with Crippen LogP contribution in [0.3, 0.4) is 0 Å². The van der Waals surface area contributed by atoms with E-state index >= 15 is 0 Å². The van der Waals surface area contributed by atoms with Crippen LogP contribution in [0.1, 0.15) is 0 Å². The van der Waals surface area contributed by atoms with E-state index in [9.17, 15) is 4.57 Å². The number of hydrogen-bond acceptors (Lipinski definition) is 3. The predicted molar refractivity (Wildman–Crippen MR) is 151 cm³/mol. The highest BCUT2D eigenvalue weighted by atomic mass is 31.2. The molecule has 0 unspecified atom stereocenters. The van der Waals surface area contributed by atoms with E-state index in [1.165, 1.54) is 26.9 Å². The monoisotopic (exact) mass is 480 g/mol. The zero-order valence-corrected chi connectivity index (χ0v) is 20.3. The summed E-state index contributed by atoms with van der Waals surface area (Å²) < 4.78 is 14.8. The minimum Gasteiger partial charge on any atom is -0.305 e. The van der Waals surface area contributed by atoms with Crippen molar-refractivity contribution in [3.8, 4) is 11.3 Å². The normalized spacial score (nSPS) is 12.0. The van der Waals surface area contributed by atoms with Gasteiger partial charge in [0.25, 0.3) is 0 Å². The van der Waals surface area contributed by atoms with Gasteiger partial charge in [-0.2, -0.15) is 0 Å². The lowest BCUT2D eigenvalue weighted by Crippen LogP contribution is -2.29. The molecule has 0 aliphatic rings. The van der Waals surface area contributed by atoms with E-state index in [4.69, 9.17) is 4.98 Å². The van der Waals surface area contributed by atoms with Crippen molar-refractivity contribution in [2.45, 2.75) is 0 Å². The molecule has 0 saturated heterocycles. The summed E-state index contributed by atoms with van der Waals surface area (Å²) in [7, 11) is -3.26. The Morgan fingerprint density at radius 2 is 1.11 bits per heavy atom. The Labute approximate surface area is 208 Å². The van der Waals surface area contributed by atoms with Crippen molar-refractivity contribution >= 4 is 55.6 Å². The molecule has 0 amide bonds. The fourth-order valence-electron chi connectivity index (χ4n) is 5.26. The lowest BCUT2D eigenvalue weighted by atomic mass is 9.91. The Morgan fingerprint density at radius 3 is 1.78 bits per heavy atom. The lowest BCUT2D eigenvalue weighted by Gasteiger charge is -2.19. The highest BCUT2D eigenvalue weighted by Crippen LogP contribution is 2.42. The van der Waals surface area contributed by atoms with Crippen LogP contribution in [0, 0.1) is 0 Å². The molecular weight excluding hydrogens is 459 g/mol. The number of benzene rings is 6. The molecule has 7 rings (SSSR count). The third-order valence-electron chi connectivity index (χ3n) is 6.97. The van der Waals surface area contributed by atoms with Gasteiger partial charge in [0.1, 0.15) is 0 Å². The van der Waals surface area contributed by atoms with Gasteiger partial charge in [0.15, 0.2) is 5.57 Å². The first-order chi connectivity index (χ1) is 17.7. The van der Waals surface area contributed by atoms with Gasteiger partial charge in [0.05, 0.1) is 5.69 Å². The first-order valence-corrected chi connectivity index (χ1v) is 13.7. The van der Waals surface area contributed by atoms with Gasteiger partial charge in [-0.05, 0) is 38.4 Å². The molecular formula is C32H21N2OP. The summed E-state index contributed by atoms with van der Waals surface area (Å²) in [6.07, 6.45) is 1.73. The van der Waals surface area contributed by atoms with E-state index in [1.54, 1.807) is 6.20 Å². The van der Waals surface area contributed by atoms with Crippen molar-refractivity contribution < 1.29 is 4.57 Å². The molecule has 0 radical (unpaired) electrons. The molecule has 1 heterocycles. The summed E-state index contributed by atoms with van der Waals surface area (Å²) in [5.74, 6) is 0. The molecule has 0 atom stereocenters. The zero-order chi connectivity index (χ0) is 24.1. The Bertz CT molecular complexity index is 1860. The molecule has 0 fully saturated rings. The van der Waals surface area contributed by atoms with E-state index < -0.39 is 7.14 Å². The summed E-state index contributed by atoms with van der Waals surface area (Å²) in [5, 5.41) is 8.74. The molecule has 1 aromatic heterocycles. The van der Waals surface area contributed by atoms with Crippen LogP contribution in [0.5, 0.6) is 0 Å². The van der Waals surface area contributed by atoms with Gasteiger partial charge < -0.3 is 4.57 Å². The molecule has 0 saturated carbocycles. The average molecular weight is 481 g/mol. The lowest BCUT2D eigenvalue weighted by molar-refractivity contribution is 0.591. The van der Waals surface area contributed by atoms with Gasteiger partial charge in [0, 0.05) is 22.4 Å². The quantitative estimate of drug-likeness (QED) is 0.208. The minimum absolute atomic E-state index is 0.350. The van der Waals surface area contributed by atoms with Crippen molar-refractivity contribution in [3.63, 3.8) is 0 Å². The molecule has 6 aromatic carbocycles. The summed E-state index contributed by atoms with van der Waals surface area (Å²) >= 11 is 0. The van der Waals surface area contributed by atoms with Crippen LogP contribution in [-0.4, -0.2) is 9.97 Å².